The first-order valence-electron chi connectivity index (χ1n) is 15.7. The summed E-state index contributed by atoms with van der Waals surface area (Å²) in [6, 6.07) is 4.45. The first-order valence-corrected chi connectivity index (χ1v) is 15.7. The fraction of sp³-hybridized carbons (Fsp3) is 0.444. The Hall–Kier alpha value is -2.78. The number of rotatable bonds is 8. The van der Waals surface area contributed by atoms with Crippen LogP contribution in [0.2, 0.25) is 0 Å². The average Bonchev–Trinajstić information content (AvgIpc) is 3.73. The van der Waals surface area contributed by atoms with Gasteiger partial charge in [-0.05, 0) is 116 Å². The van der Waals surface area contributed by atoms with E-state index in [9.17, 15) is 0 Å². The Morgan fingerprint density at radius 1 is 0.585 bits per heavy atom. The van der Waals surface area contributed by atoms with Gasteiger partial charge in [-0.15, -0.1) is 0 Å². The SMILES string of the molecule is CCC1=Cc2cc3nc(cc4c(CC)c(CC)c(c(CC)c5[nH]c(c(CC)c1n2)c(CC)c5CC)n4CC)C=C3.[Ru]. The Morgan fingerprint density at radius 3 is 1.68 bits per heavy atom. The van der Waals surface area contributed by atoms with Crippen molar-refractivity contribution in [3.8, 4) is 0 Å². The van der Waals surface area contributed by atoms with Crippen molar-refractivity contribution >= 4 is 45.9 Å². The quantitative estimate of drug-likeness (QED) is 0.196. The van der Waals surface area contributed by atoms with Crippen LogP contribution in [0.15, 0.2) is 12.1 Å². The van der Waals surface area contributed by atoms with Crippen molar-refractivity contribution in [2.75, 3.05) is 0 Å². The molecule has 5 rings (SSSR count). The second-order valence-corrected chi connectivity index (χ2v) is 10.8. The van der Waals surface area contributed by atoms with Crippen molar-refractivity contribution in [2.45, 2.75) is 107 Å². The number of nitrogens with one attached hydrogen (secondary N) is 1. The van der Waals surface area contributed by atoms with Crippen molar-refractivity contribution < 1.29 is 19.5 Å². The molecule has 0 fully saturated rings. The van der Waals surface area contributed by atoms with E-state index in [-0.39, 0.29) is 19.5 Å². The van der Waals surface area contributed by atoms with Gasteiger partial charge in [0, 0.05) is 53.7 Å². The van der Waals surface area contributed by atoms with Crippen LogP contribution < -0.4 is 0 Å². The molecule has 218 valence electrons. The van der Waals surface area contributed by atoms with Crippen LogP contribution >= 0.6 is 0 Å². The van der Waals surface area contributed by atoms with Crippen LogP contribution in [-0.4, -0.2) is 19.5 Å². The topological polar surface area (TPSA) is 46.5 Å². The summed E-state index contributed by atoms with van der Waals surface area (Å²) >= 11 is 0. The third kappa shape index (κ3) is 5.20. The molecule has 2 aliphatic heterocycles. The van der Waals surface area contributed by atoms with Crippen molar-refractivity contribution in [3.63, 3.8) is 0 Å². The van der Waals surface area contributed by atoms with E-state index >= 15 is 0 Å². The molecule has 5 heterocycles. The van der Waals surface area contributed by atoms with E-state index in [1.54, 1.807) is 0 Å². The fourth-order valence-corrected chi connectivity index (χ4v) is 7.09. The normalized spacial score (nSPS) is 12.5. The molecule has 0 aromatic carbocycles. The second-order valence-electron chi connectivity index (χ2n) is 10.8. The Bertz CT molecular complexity index is 1680. The predicted octanol–water partition coefficient (Wildman–Crippen LogP) is 9.30. The van der Waals surface area contributed by atoms with E-state index in [2.05, 4.69) is 95.3 Å². The van der Waals surface area contributed by atoms with Crippen LogP contribution in [0.25, 0.3) is 45.9 Å². The summed E-state index contributed by atoms with van der Waals surface area (Å²) in [4.78, 5) is 14.3. The van der Waals surface area contributed by atoms with Gasteiger partial charge in [0.05, 0.1) is 22.8 Å². The molecule has 0 amide bonds. The number of hydrogen-bond acceptors (Lipinski definition) is 2. The summed E-state index contributed by atoms with van der Waals surface area (Å²) < 4.78 is 2.57. The third-order valence-corrected chi connectivity index (χ3v) is 8.86. The zero-order chi connectivity index (χ0) is 28.6. The van der Waals surface area contributed by atoms with Crippen molar-refractivity contribution in [1.82, 2.24) is 19.5 Å². The van der Waals surface area contributed by atoms with E-state index in [1.165, 1.54) is 61.0 Å². The van der Waals surface area contributed by atoms with Crippen LogP contribution in [0.5, 0.6) is 0 Å². The van der Waals surface area contributed by atoms with E-state index in [0.29, 0.717) is 0 Å². The zero-order valence-corrected chi connectivity index (χ0v) is 28.0. The molecule has 0 unspecified atom stereocenters. The molecule has 0 radical (unpaired) electrons. The molecular weight excluding hydrogens is 589 g/mol. The number of fused-ring (bicyclic) bond motifs is 8. The van der Waals surface area contributed by atoms with Crippen LogP contribution in [0, 0.1) is 0 Å². The molecule has 3 aromatic heterocycles. The van der Waals surface area contributed by atoms with Gasteiger partial charge in [0.1, 0.15) is 0 Å². The molecule has 0 saturated carbocycles. The minimum Gasteiger partial charge on any atom is -0.354 e. The Labute approximate surface area is 259 Å². The molecule has 3 aromatic rings. The first kappa shape index (κ1) is 31.2. The molecule has 0 aliphatic carbocycles. The van der Waals surface area contributed by atoms with Gasteiger partial charge in [0.25, 0.3) is 0 Å². The van der Waals surface area contributed by atoms with E-state index in [4.69, 9.17) is 9.97 Å². The van der Waals surface area contributed by atoms with E-state index in [0.717, 1.165) is 74.3 Å². The summed E-state index contributed by atoms with van der Waals surface area (Å²) in [5.74, 6) is 0. The molecule has 2 aliphatic rings. The third-order valence-electron chi connectivity index (χ3n) is 8.86. The molecule has 1 N–H and O–H groups in total. The smallest absolute Gasteiger partial charge is 0.0722 e. The number of aromatic nitrogens is 4. The number of hydrogen-bond donors (Lipinski definition) is 1. The number of aryl methyl sites for hydroxylation is 7. The average molecular weight is 636 g/mol. The van der Waals surface area contributed by atoms with Gasteiger partial charge in [-0.3, -0.25) is 0 Å². The Balaban J connectivity index is 0.00000387. The van der Waals surface area contributed by atoms with Crippen LogP contribution in [0.3, 0.4) is 0 Å². The molecule has 8 bridgehead atoms. The predicted molar refractivity (Wildman–Crippen MR) is 174 cm³/mol. The molecule has 5 heteroatoms. The maximum atomic E-state index is 5.22. The van der Waals surface area contributed by atoms with Gasteiger partial charge in [-0.1, -0.05) is 48.5 Å². The molecule has 41 heavy (non-hydrogen) atoms. The zero-order valence-electron chi connectivity index (χ0n) is 26.2. The van der Waals surface area contributed by atoms with Crippen molar-refractivity contribution in [3.05, 3.63) is 68.3 Å². The molecular formula is C36H46N4Ru. The monoisotopic (exact) mass is 636 g/mol. The van der Waals surface area contributed by atoms with Crippen LogP contribution in [0.4, 0.5) is 0 Å². The number of aromatic amines is 1. The summed E-state index contributed by atoms with van der Waals surface area (Å²) in [6.45, 7) is 19.3. The van der Waals surface area contributed by atoms with Gasteiger partial charge in [0.2, 0.25) is 0 Å². The van der Waals surface area contributed by atoms with Gasteiger partial charge < -0.3 is 9.55 Å². The van der Waals surface area contributed by atoms with Gasteiger partial charge in [0.15, 0.2) is 0 Å². The van der Waals surface area contributed by atoms with Crippen LogP contribution in [0.1, 0.15) is 118 Å². The summed E-state index contributed by atoms with van der Waals surface area (Å²) in [5, 5.41) is 0. The standard InChI is InChI=1S/C36H46N4.Ru/c1-9-22-19-25-20-23-17-18-24(37-23)21-32-26(10-2)29(13-5)36(40(32)16-8)31(15-7)35-28(12-4)27(11-3)34(39-35)30(14-6)33(22)38-25;/h17-21,39H,9-16H2,1-8H3;. The Morgan fingerprint density at radius 2 is 1.15 bits per heavy atom. The summed E-state index contributed by atoms with van der Waals surface area (Å²) in [6.07, 6.45) is 13.5. The summed E-state index contributed by atoms with van der Waals surface area (Å²) in [7, 11) is 0. The maximum Gasteiger partial charge on any atom is 0.0722 e. The van der Waals surface area contributed by atoms with E-state index < -0.39 is 0 Å². The largest absolute Gasteiger partial charge is 0.354 e. The number of nitrogens with zero attached hydrogens (tertiary/aromatic N) is 3. The minimum atomic E-state index is 0. The molecule has 0 spiro atoms. The van der Waals surface area contributed by atoms with Crippen molar-refractivity contribution in [2.24, 2.45) is 0 Å². The van der Waals surface area contributed by atoms with Gasteiger partial charge in [-0.25, -0.2) is 9.97 Å². The van der Waals surface area contributed by atoms with Gasteiger partial charge >= 0.3 is 0 Å². The maximum absolute atomic E-state index is 5.22. The molecule has 4 nitrogen and oxygen atoms in total. The second kappa shape index (κ2) is 13.0. The van der Waals surface area contributed by atoms with Crippen LogP contribution in [-0.2, 0) is 64.5 Å². The number of allylic oxidation sites excluding steroid dienone is 1. The number of H-pyrrole nitrogens is 1. The summed E-state index contributed by atoms with van der Waals surface area (Å²) in [5.41, 5.74) is 19.4. The van der Waals surface area contributed by atoms with Gasteiger partial charge in [-0.2, -0.15) is 0 Å². The molecule has 0 saturated heterocycles. The van der Waals surface area contributed by atoms with Crippen molar-refractivity contribution in [1.29, 1.82) is 0 Å². The Kier molecular flexibility index (Phi) is 9.90. The fourth-order valence-electron chi connectivity index (χ4n) is 7.09. The van der Waals surface area contributed by atoms with E-state index in [1.807, 2.05) is 0 Å². The first-order chi connectivity index (χ1) is 19.5. The molecule has 0 atom stereocenters. The minimum absolute atomic E-state index is 0.